The number of hydrazine groups is 1. The van der Waals surface area contributed by atoms with E-state index in [1.807, 2.05) is 29.7 Å². The quantitative estimate of drug-likeness (QED) is 0.277. The highest BCUT2D eigenvalue weighted by molar-refractivity contribution is 6.28. The average Bonchev–Trinajstić information content (AvgIpc) is 3.68. The Kier molecular flexibility index (Phi) is 6.56. The van der Waals surface area contributed by atoms with Gasteiger partial charge >= 0.3 is 0 Å². The molecule has 1 saturated heterocycles. The number of alkyl halides is 1. The van der Waals surface area contributed by atoms with Crippen molar-refractivity contribution in [3.05, 3.63) is 41.6 Å². The van der Waals surface area contributed by atoms with Gasteiger partial charge in [0.1, 0.15) is 16.9 Å². The number of methoxy groups -OCH3 is 1. The number of imidazole rings is 1. The number of aryl methyl sites for hydroxylation is 1. The van der Waals surface area contributed by atoms with Crippen LogP contribution in [0.4, 0.5) is 0 Å². The Hall–Kier alpha value is -3.67. The Balaban J connectivity index is 1.20. The molecule has 0 radical (unpaired) electrons. The zero-order chi connectivity index (χ0) is 32.3. The summed E-state index contributed by atoms with van der Waals surface area (Å²) in [7, 11) is 5.52. The molecule has 0 spiro atoms. The lowest BCUT2D eigenvalue weighted by Crippen LogP contribution is -2.77. The Morgan fingerprint density at radius 1 is 1.13 bits per heavy atom. The molecule has 1 unspecified atom stereocenters. The Morgan fingerprint density at radius 3 is 2.57 bits per heavy atom. The lowest BCUT2D eigenvalue weighted by Gasteiger charge is -2.73. The number of aromatic nitrogens is 4. The molecule has 9 rings (SSSR count). The first kappa shape index (κ1) is 29.7. The molecule has 4 heterocycles. The molecule has 3 atom stereocenters. The number of pyridine rings is 1. The second-order valence-corrected chi connectivity index (χ2v) is 15.0. The first-order chi connectivity index (χ1) is 21.9. The van der Waals surface area contributed by atoms with Crippen molar-refractivity contribution in [3.63, 3.8) is 0 Å². The van der Waals surface area contributed by atoms with E-state index in [1.54, 1.807) is 18.2 Å². The van der Waals surface area contributed by atoms with Crippen molar-refractivity contribution in [2.24, 2.45) is 35.8 Å². The molecule has 5 aliphatic rings. The van der Waals surface area contributed by atoms with Gasteiger partial charge in [0.05, 0.1) is 35.2 Å². The third kappa shape index (κ3) is 4.24. The van der Waals surface area contributed by atoms with Gasteiger partial charge in [0, 0.05) is 61.7 Å². The first-order valence-corrected chi connectivity index (χ1v) is 16.6. The molecule has 3 aromatic heterocycles. The van der Waals surface area contributed by atoms with Gasteiger partial charge in [-0.1, -0.05) is 6.92 Å². The third-order valence-electron chi connectivity index (χ3n) is 11.2. The first-order valence-electron chi connectivity index (χ1n) is 16.3. The van der Waals surface area contributed by atoms with Crippen LogP contribution in [0.3, 0.4) is 0 Å². The highest BCUT2D eigenvalue weighted by Gasteiger charge is 2.79. The van der Waals surface area contributed by atoms with E-state index in [9.17, 15) is 9.59 Å². The number of nitrogens with two attached hydrogens (primary N) is 2. The Labute approximate surface area is 272 Å². The minimum Gasteiger partial charge on any atom is -0.494 e. The number of primary amides is 1. The molecule has 46 heavy (non-hydrogen) atoms. The van der Waals surface area contributed by atoms with E-state index in [0.717, 1.165) is 53.3 Å². The number of hydrogen-bond acceptors (Lipinski definition) is 7. The van der Waals surface area contributed by atoms with E-state index in [2.05, 4.69) is 29.7 Å². The van der Waals surface area contributed by atoms with Gasteiger partial charge in [0.25, 0.3) is 5.91 Å². The summed E-state index contributed by atoms with van der Waals surface area (Å²) in [5.74, 6) is 1.55. The lowest BCUT2D eigenvalue weighted by atomic mass is 9.34. The van der Waals surface area contributed by atoms with Gasteiger partial charge < -0.3 is 25.3 Å². The molecule has 11 nitrogen and oxygen atoms in total. The van der Waals surface area contributed by atoms with Crippen LogP contribution in [-0.4, -0.2) is 79.1 Å². The Morgan fingerprint density at radius 2 is 1.89 bits per heavy atom. The third-order valence-corrected chi connectivity index (χ3v) is 11.7. The number of rotatable bonds is 8. The fourth-order valence-corrected chi connectivity index (χ4v) is 9.43. The summed E-state index contributed by atoms with van der Waals surface area (Å²) in [5.41, 5.74) is 16.3. The van der Waals surface area contributed by atoms with Crippen LogP contribution in [0, 0.1) is 17.3 Å². The number of carbonyl (C=O) groups excluding carboxylic acids is 2. The number of benzene rings is 1. The van der Waals surface area contributed by atoms with Crippen LogP contribution in [-0.2, 0) is 18.4 Å². The van der Waals surface area contributed by atoms with E-state index < -0.39 is 5.41 Å². The fraction of sp³-hybridized carbons (Fsp3) is 0.529. The summed E-state index contributed by atoms with van der Waals surface area (Å²) in [6.45, 7) is 4.14. The van der Waals surface area contributed by atoms with Crippen LogP contribution >= 0.6 is 11.6 Å². The van der Waals surface area contributed by atoms with E-state index in [1.165, 1.54) is 12.8 Å². The molecule has 2 amide bonds. The molecule has 2 bridgehead atoms. The summed E-state index contributed by atoms with van der Waals surface area (Å²) in [6, 6.07) is 9.92. The predicted molar refractivity (Wildman–Crippen MR) is 176 cm³/mol. The zero-order valence-electron chi connectivity index (χ0n) is 26.8. The monoisotopic (exact) mass is 644 g/mol. The van der Waals surface area contributed by atoms with Crippen LogP contribution in [0.5, 0.6) is 5.75 Å². The van der Waals surface area contributed by atoms with Crippen molar-refractivity contribution in [3.8, 4) is 17.3 Å². The molecule has 1 aliphatic heterocycles. The second kappa shape index (κ2) is 10.2. The molecule has 242 valence electrons. The number of amides is 2. The maximum absolute atomic E-state index is 13.7. The number of fused-ring (bicyclic) bond motifs is 2. The van der Waals surface area contributed by atoms with Crippen molar-refractivity contribution in [1.29, 1.82) is 0 Å². The van der Waals surface area contributed by atoms with Gasteiger partial charge in [-0.3, -0.25) is 14.6 Å². The summed E-state index contributed by atoms with van der Waals surface area (Å²) in [5, 5.41) is 4.66. The van der Waals surface area contributed by atoms with Crippen LogP contribution < -0.4 is 16.2 Å². The van der Waals surface area contributed by atoms with Crippen LogP contribution in [0.25, 0.3) is 33.6 Å². The van der Waals surface area contributed by atoms with Gasteiger partial charge in [-0.25, -0.2) is 15.0 Å². The molecule has 4 N–H and O–H groups in total. The molecular formula is C34H41ClN8O3. The van der Waals surface area contributed by atoms with Crippen molar-refractivity contribution in [1.82, 2.24) is 29.1 Å². The maximum atomic E-state index is 13.7. The van der Waals surface area contributed by atoms with Gasteiger partial charge in [-0.05, 0) is 68.4 Å². The normalized spacial score (nSPS) is 28.3. The average molecular weight is 645 g/mol. The van der Waals surface area contributed by atoms with E-state index in [4.69, 9.17) is 37.8 Å². The smallest absolute Gasteiger partial charge is 0.268 e. The van der Waals surface area contributed by atoms with Gasteiger partial charge in [0.2, 0.25) is 5.91 Å². The lowest BCUT2D eigenvalue weighted by molar-refractivity contribution is -0.188. The summed E-state index contributed by atoms with van der Waals surface area (Å²) >= 11 is 6.90. The molecular weight excluding hydrogens is 604 g/mol. The molecule has 4 saturated carbocycles. The fourth-order valence-electron chi connectivity index (χ4n) is 8.55. The molecule has 1 aromatic carbocycles. The second-order valence-electron chi connectivity index (χ2n) is 14.3. The highest BCUT2D eigenvalue weighted by atomic mass is 35.5. The van der Waals surface area contributed by atoms with Crippen molar-refractivity contribution < 1.29 is 14.3 Å². The number of carbonyl (C=O) groups is 2. The minimum atomic E-state index is -0.513. The number of hydrogen-bond donors (Lipinski definition) is 2. The molecule has 4 aliphatic carbocycles. The minimum absolute atomic E-state index is 0.00547. The summed E-state index contributed by atoms with van der Waals surface area (Å²) < 4.78 is 10.2. The predicted octanol–water partition coefficient (Wildman–Crippen LogP) is 4.01. The molecule has 5 fully saturated rings. The van der Waals surface area contributed by atoms with Gasteiger partial charge in [0.15, 0.2) is 5.82 Å². The van der Waals surface area contributed by atoms with Gasteiger partial charge in [-0.2, -0.15) is 0 Å². The SMILES string of the molecule is COc1cc(C(=O)N2C[C@H](N)CCN2C)cc2nc(-c3cc4ccc([C@H](C)C5C6(Cl)CC5(C(N)=O)C6)nc4n3CC3CC3)n(C)c12. The van der Waals surface area contributed by atoms with Crippen LogP contribution in [0.2, 0.25) is 0 Å². The van der Waals surface area contributed by atoms with Crippen LogP contribution in [0.1, 0.15) is 61.0 Å². The van der Waals surface area contributed by atoms with E-state index >= 15 is 0 Å². The van der Waals surface area contributed by atoms with Crippen LogP contribution in [0.15, 0.2) is 30.3 Å². The summed E-state index contributed by atoms with van der Waals surface area (Å²) in [6.07, 6.45) is 4.52. The van der Waals surface area contributed by atoms with E-state index in [-0.39, 0.29) is 34.6 Å². The highest BCUT2D eigenvalue weighted by Crippen LogP contribution is 2.77. The van der Waals surface area contributed by atoms with Crippen molar-refractivity contribution >= 4 is 45.5 Å². The maximum Gasteiger partial charge on any atom is 0.268 e. The number of halogens is 1. The standard InChI is InChI=1S/C34H41ClN8O3/c1-18(28-33(32(37)45)16-34(28,35)17-33)23-8-7-20-12-25(42(29(20)38-23)14-19-5-6-19)30-39-24-11-21(13-26(46-4)27(24)41(30)3)31(44)43-15-22(36)9-10-40(43)2/h7-8,11-13,18-19,22,28H,5-6,9-10,14-17,36H2,1-4H3,(H2,37,45)/t18-,22+,28?,33?,34?/m0/s1. The van der Waals surface area contributed by atoms with Crippen molar-refractivity contribution in [2.75, 3.05) is 27.2 Å². The number of nitrogens with zero attached hydrogens (tertiary/aromatic N) is 6. The van der Waals surface area contributed by atoms with E-state index in [0.29, 0.717) is 42.1 Å². The van der Waals surface area contributed by atoms with Crippen molar-refractivity contribution in [2.45, 2.75) is 62.4 Å². The largest absolute Gasteiger partial charge is 0.494 e. The summed E-state index contributed by atoms with van der Waals surface area (Å²) in [4.78, 5) is 36.1. The molecule has 12 heteroatoms. The number of ether oxygens (including phenoxy) is 1. The Bertz CT molecular complexity index is 1920. The van der Waals surface area contributed by atoms with Gasteiger partial charge in [-0.15, -0.1) is 11.6 Å². The topological polar surface area (TPSA) is 138 Å². The molecule has 4 aromatic rings. The zero-order valence-corrected chi connectivity index (χ0v) is 27.5.